The van der Waals surface area contributed by atoms with E-state index in [2.05, 4.69) is 9.80 Å². The molecule has 0 spiro atoms. The summed E-state index contributed by atoms with van der Waals surface area (Å²) in [5.74, 6) is 0. The Kier molecular flexibility index (Phi) is 4.93. The van der Waals surface area contributed by atoms with Gasteiger partial charge in [0.25, 0.3) is 0 Å². The van der Waals surface area contributed by atoms with E-state index in [4.69, 9.17) is 5.73 Å². The van der Waals surface area contributed by atoms with Crippen LogP contribution in [0.2, 0.25) is 0 Å². The van der Waals surface area contributed by atoms with Gasteiger partial charge in [0.05, 0.1) is 5.60 Å². The van der Waals surface area contributed by atoms with Gasteiger partial charge < -0.3 is 10.8 Å². The highest BCUT2D eigenvalue weighted by Gasteiger charge is 2.27. The Bertz CT molecular complexity index is 372. The predicted octanol–water partition coefficient (Wildman–Crippen LogP) is 0.470. The van der Waals surface area contributed by atoms with Gasteiger partial charge in [0.2, 0.25) is 0 Å². The molecular formula is C15H25N3O. The molecule has 4 heteroatoms. The predicted molar refractivity (Wildman–Crippen MR) is 77.9 cm³/mol. The van der Waals surface area contributed by atoms with Crippen molar-refractivity contribution in [2.24, 2.45) is 5.73 Å². The molecule has 0 bridgehead atoms. The summed E-state index contributed by atoms with van der Waals surface area (Å²) in [6.45, 7) is 8.38. The SMILES string of the molecule is CC(O)(CN1CCN(CCN)CC1)c1ccccc1. The standard InChI is InChI=1S/C15H25N3O/c1-15(19,14-5-3-2-4-6-14)13-18-11-9-17(8-7-16)10-12-18/h2-6,19H,7-13,16H2,1H3. The fraction of sp³-hybridized carbons (Fsp3) is 0.600. The lowest BCUT2D eigenvalue weighted by Gasteiger charge is -2.38. The molecule has 1 aliphatic heterocycles. The highest BCUT2D eigenvalue weighted by molar-refractivity contribution is 5.21. The molecule has 1 aromatic carbocycles. The molecule has 1 saturated heterocycles. The fourth-order valence-electron chi connectivity index (χ4n) is 2.68. The number of nitrogens with zero attached hydrogens (tertiary/aromatic N) is 2. The third-order valence-electron chi connectivity index (χ3n) is 3.84. The highest BCUT2D eigenvalue weighted by atomic mass is 16.3. The lowest BCUT2D eigenvalue weighted by molar-refractivity contribution is 0.000843. The molecule has 0 radical (unpaired) electrons. The van der Waals surface area contributed by atoms with Crippen LogP contribution in [0.25, 0.3) is 0 Å². The third kappa shape index (κ3) is 4.01. The first kappa shape index (κ1) is 14.5. The number of aliphatic hydroxyl groups is 1. The van der Waals surface area contributed by atoms with Crippen LogP contribution in [0.1, 0.15) is 12.5 Å². The Hall–Kier alpha value is -0.940. The molecule has 1 fully saturated rings. The van der Waals surface area contributed by atoms with Gasteiger partial charge in [-0.3, -0.25) is 9.80 Å². The van der Waals surface area contributed by atoms with E-state index in [-0.39, 0.29) is 0 Å². The summed E-state index contributed by atoms with van der Waals surface area (Å²) in [7, 11) is 0. The molecule has 0 aromatic heterocycles. The molecule has 4 nitrogen and oxygen atoms in total. The molecular weight excluding hydrogens is 238 g/mol. The molecule has 2 rings (SSSR count). The van der Waals surface area contributed by atoms with Crippen LogP contribution in [0.5, 0.6) is 0 Å². The number of rotatable bonds is 5. The first-order chi connectivity index (χ1) is 9.12. The molecule has 1 aliphatic rings. The van der Waals surface area contributed by atoms with E-state index in [0.29, 0.717) is 6.54 Å². The van der Waals surface area contributed by atoms with E-state index in [1.54, 1.807) is 0 Å². The van der Waals surface area contributed by atoms with Crippen LogP contribution in [0.15, 0.2) is 30.3 Å². The number of hydrogen-bond donors (Lipinski definition) is 2. The maximum atomic E-state index is 10.6. The van der Waals surface area contributed by atoms with E-state index < -0.39 is 5.60 Å². The average molecular weight is 263 g/mol. The van der Waals surface area contributed by atoms with Crippen LogP contribution in [0, 0.1) is 0 Å². The molecule has 19 heavy (non-hydrogen) atoms. The Labute approximate surface area is 115 Å². The molecule has 1 atom stereocenters. The molecule has 0 amide bonds. The fourth-order valence-corrected chi connectivity index (χ4v) is 2.68. The van der Waals surface area contributed by atoms with Crippen molar-refractivity contribution in [3.05, 3.63) is 35.9 Å². The summed E-state index contributed by atoms with van der Waals surface area (Å²) in [6.07, 6.45) is 0. The summed E-state index contributed by atoms with van der Waals surface area (Å²) in [4.78, 5) is 4.72. The molecule has 106 valence electrons. The topological polar surface area (TPSA) is 52.7 Å². The Morgan fingerprint density at radius 2 is 1.68 bits per heavy atom. The van der Waals surface area contributed by atoms with Crippen molar-refractivity contribution in [1.29, 1.82) is 0 Å². The summed E-state index contributed by atoms with van der Waals surface area (Å²) >= 11 is 0. The zero-order valence-corrected chi connectivity index (χ0v) is 11.8. The summed E-state index contributed by atoms with van der Waals surface area (Å²) < 4.78 is 0. The van der Waals surface area contributed by atoms with Crippen LogP contribution < -0.4 is 5.73 Å². The monoisotopic (exact) mass is 263 g/mol. The van der Waals surface area contributed by atoms with Gasteiger partial charge in [-0.25, -0.2) is 0 Å². The Morgan fingerprint density at radius 1 is 1.11 bits per heavy atom. The van der Waals surface area contributed by atoms with Gasteiger partial charge in [0.15, 0.2) is 0 Å². The number of hydrogen-bond acceptors (Lipinski definition) is 4. The minimum absolute atomic E-state index is 0.688. The molecule has 1 aromatic rings. The highest BCUT2D eigenvalue weighted by Crippen LogP contribution is 2.22. The minimum Gasteiger partial charge on any atom is -0.384 e. The second kappa shape index (κ2) is 6.48. The van der Waals surface area contributed by atoms with Crippen molar-refractivity contribution < 1.29 is 5.11 Å². The largest absolute Gasteiger partial charge is 0.384 e. The lowest BCUT2D eigenvalue weighted by Crippen LogP contribution is -2.51. The van der Waals surface area contributed by atoms with E-state index in [9.17, 15) is 5.11 Å². The Balaban J connectivity index is 1.88. The van der Waals surface area contributed by atoms with E-state index in [0.717, 1.165) is 44.8 Å². The average Bonchev–Trinajstić information content (AvgIpc) is 2.42. The van der Waals surface area contributed by atoms with Crippen molar-refractivity contribution in [2.45, 2.75) is 12.5 Å². The lowest BCUT2D eigenvalue weighted by atomic mass is 9.95. The van der Waals surface area contributed by atoms with Gasteiger partial charge in [-0.1, -0.05) is 30.3 Å². The second-order valence-corrected chi connectivity index (χ2v) is 5.55. The van der Waals surface area contributed by atoms with Gasteiger partial charge in [-0.05, 0) is 12.5 Å². The van der Waals surface area contributed by atoms with Crippen LogP contribution >= 0.6 is 0 Å². The molecule has 1 heterocycles. The van der Waals surface area contributed by atoms with Crippen molar-refractivity contribution in [3.63, 3.8) is 0 Å². The summed E-state index contributed by atoms with van der Waals surface area (Å²) in [6, 6.07) is 9.91. The Morgan fingerprint density at radius 3 is 2.26 bits per heavy atom. The van der Waals surface area contributed by atoms with E-state index in [1.165, 1.54) is 0 Å². The smallest absolute Gasteiger partial charge is 0.0994 e. The quantitative estimate of drug-likeness (QED) is 0.811. The van der Waals surface area contributed by atoms with Crippen molar-refractivity contribution in [3.8, 4) is 0 Å². The van der Waals surface area contributed by atoms with Gasteiger partial charge in [0, 0.05) is 45.8 Å². The number of β-amino-alcohol motifs (C(OH)–C–C–N with tert-alkyl or cyclic N) is 1. The zero-order valence-electron chi connectivity index (χ0n) is 11.8. The second-order valence-electron chi connectivity index (χ2n) is 5.55. The van der Waals surface area contributed by atoms with E-state index >= 15 is 0 Å². The maximum Gasteiger partial charge on any atom is 0.0994 e. The normalized spacial score (nSPS) is 21.2. The van der Waals surface area contributed by atoms with Crippen LogP contribution in [-0.4, -0.2) is 60.7 Å². The molecule has 0 saturated carbocycles. The van der Waals surface area contributed by atoms with Crippen LogP contribution in [0.3, 0.4) is 0 Å². The minimum atomic E-state index is -0.780. The number of nitrogens with two attached hydrogens (primary N) is 1. The first-order valence-electron chi connectivity index (χ1n) is 7.04. The molecule has 0 aliphatic carbocycles. The van der Waals surface area contributed by atoms with Gasteiger partial charge in [0.1, 0.15) is 0 Å². The zero-order chi connectivity index (χ0) is 13.7. The maximum absolute atomic E-state index is 10.6. The van der Waals surface area contributed by atoms with E-state index in [1.807, 2.05) is 37.3 Å². The first-order valence-corrected chi connectivity index (χ1v) is 7.04. The van der Waals surface area contributed by atoms with Crippen molar-refractivity contribution in [2.75, 3.05) is 45.8 Å². The van der Waals surface area contributed by atoms with Gasteiger partial charge in [-0.2, -0.15) is 0 Å². The van der Waals surface area contributed by atoms with Crippen LogP contribution in [0.4, 0.5) is 0 Å². The van der Waals surface area contributed by atoms with Crippen molar-refractivity contribution in [1.82, 2.24) is 9.80 Å². The van der Waals surface area contributed by atoms with Crippen LogP contribution in [-0.2, 0) is 5.60 Å². The van der Waals surface area contributed by atoms with Crippen molar-refractivity contribution >= 4 is 0 Å². The number of benzene rings is 1. The molecule has 1 unspecified atom stereocenters. The molecule has 3 N–H and O–H groups in total. The summed E-state index contributed by atoms with van der Waals surface area (Å²) in [5.41, 5.74) is 5.78. The third-order valence-corrected chi connectivity index (χ3v) is 3.84. The van der Waals surface area contributed by atoms with Gasteiger partial charge >= 0.3 is 0 Å². The summed E-state index contributed by atoms with van der Waals surface area (Å²) in [5, 5.41) is 10.6. The number of piperazine rings is 1. The van der Waals surface area contributed by atoms with Gasteiger partial charge in [-0.15, -0.1) is 0 Å².